The fourth-order valence-corrected chi connectivity index (χ4v) is 5.41. The molecule has 2 unspecified atom stereocenters. The number of aryl methyl sites for hydroxylation is 1. The molecule has 5 heterocycles. The molecule has 5 rings (SSSR count). The lowest BCUT2D eigenvalue weighted by atomic mass is 9.90. The SMILES string of the molecule is Cc1cccnc1C1CCCC(c2cn3c(N4CCN(C)CC4)cccc3n2)N1CCO. The zero-order valence-electron chi connectivity index (χ0n) is 19.2. The number of aliphatic hydroxyl groups is 1. The van der Waals surface area contributed by atoms with Gasteiger partial charge in [0.05, 0.1) is 30.1 Å². The summed E-state index contributed by atoms with van der Waals surface area (Å²) < 4.78 is 2.26. The lowest BCUT2D eigenvalue weighted by molar-refractivity contribution is 0.0574. The van der Waals surface area contributed by atoms with E-state index in [1.165, 1.54) is 11.4 Å². The average molecular weight is 435 g/mol. The van der Waals surface area contributed by atoms with Gasteiger partial charge < -0.3 is 14.9 Å². The number of piperidine rings is 1. The molecule has 0 aromatic carbocycles. The predicted molar refractivity (Wildman–Crippen MR) is 127 cm³/mol. The first-order valence-corrected chi connectivity index (χ1v) is 11.9. The summed E-state index contributed by atoms with van der Waals surface area (Å²) in [6.45, 7) is 7.12. The molecule has 3 aromatic rings. The molecule has 0 saturated carbocycles. The Bertz CT molecular complexity index is 1060. The maximum absolute atomic E-state index is 9.89. The Morgan fingerprint density at radius 1 is 1.03 bits per heavy atom. The van der Waals surface area contributed by atoms with Gasteiger partial charge in [-0.15, -0.1) is 0 Å². The minimum Gasteiger partial charge on any atom is -0.395 e. The van der Waals surface area contributed by atoms with Crippen LogP contribution in [0.1, 0.15) is 48.3 Å². The summed E-state index contributed by atoms with van der Waals surface area (Å²) >= 11 is 0. The second kappa shape index (κ2) is 9.17. The van der Waals surface area contributed by atoms with Crippen molar-refractivity contribution in [3.8, 4) is 0 Å². The monoisotopic (exact) mass is 434 g/mol. The number of anilines is 1. The Kier molecular flexibility index (Phi) is 6.13. The molecular formula is C25H34N6O. The highest BCUT2D eigenvalue weighted by Crippen LogP contribution is 2.41. The summed E-state index contributed by atoms with van der Waals surface area (Å²) in [5.41, 5.74) is 4.44. The van der Waals surface area contributed by atoms with E-state index in [1.807, 2.05) is 12.3 Å². The molecule has 2 saturated heterocycles. The van der Waals surface area contributed by atoms with Crippen LogP contribution in [0.15, 0.2) is 42.7 Å². The predicted octanol–water partition coefficient (Wildman–Crippen LogP) is 3.05. The molecule has 1 N–H and O–H groups in total. The van der Waals surface area contributed by atoms with E-state index in [9.17, 15) is 5.11 Å². The number of hydrogen-bond acceptors (Lipinski definition) is 6. The highest BCUT2D eigenvalue weighted by atomic mass is 16.3. The standard InChI is InChI=1S/C25H34N6O/c1-19-6-5-11-26-25(19)22-8-3-7-21(30(22)16-17-32)20-18-31-23(27-20)9-4-10-24(31)29-14-12-28(2)13-15-29/h4-6,9-11,18,21-22,32H,3,7-8,12-17H2,1-2H3. The van der Waals surface area contributed by atoms with E-state index in [-0.39, 0.29) is 18.7 Å². The summed E-state index contributed by atoms with van der Waals surface area (Å²) in [5.74, 6) is 1.22. The van der Waals surface area contributed by atoms with Gasteiger partial charge in [-0.05, 0) is 57.0 Å². The minimum atomic E-state index is 0.138. The second-order valence-corrected chi connectivity index (χ2v) is 9.20. The summed E-state index contributed by atoms with van der Waals surface area (Å²) in [6.07, 6.45) is 7.36. The van der Waals surface area contributed by atoms with Crippen LogP contribution in [0.5, 0.6) is 0 Å². The Hall–Kier alpha value is -2.48. The van der Waals surface area contributed by atoms with E-state index in [2.05, 4.69) is 63.5 Å². The van der Waals surface area contributed by atoms with E-state index in [4.69, 9.17) is 9.97 Å². The lowest BCUT2D eigenvalue weighted by Crippen LogP contribution is -2.45. The topological polar surface area (TPSA) is 60.1 Å². The summed E-state index contributed by atoms with van der Waals surface area (Å²) in [6, 6.07) is 10.9. The van der Waals surface area contributed by atoms with Gasteiger partial charge >= 0.3 is 0 Å². The van der Waals surface area contributed by atoms with E-state index >= 15 is 0 Å². The molecule has 3 aromatic heterocycles. The minimum absolute atomic E-state index is 0.138. The number of nitrogens with zero attached hydrogens (tertiary/aromatic N) is 6. The zero-order valence-corrected chi connectivity index (χ0v) is 19.2. The number of aromatic nitrogens is 3. The van der Waals surface area contributed by atoms with Crippen molar-refractivity contribution >= 4 is 11.5 Å². The van der Waals surface area contributed by atoms with Gasteiger partial charge in [0.15, 0.2) is 0 Å². The number of likely N-dealkylation sites (N-methyl/N-ethyl adjacent to an activating group) is 1. The fraction of sp³-hybridized carbons (Fsp3) is 0.520. The molecule has 2 aliphatic heterocycles. The van der Waals surface area contributed by atoms with Gasteiger partial charge in [-0.25, -0.2) is 4.98 Å². The first-order chi connectivity index (χ1) is 15.7. The first-order valence-electron chi connectivity index (χ1n) is 11.9. The third-order valence-electron chi connectivity index (χ3n) is 7.14. The lowest BCUT2D eigenvalue weighted by Gasteiger charge is -2.41. The molecule has 2 fully saturated rings. The van der Waals surface area contributed by atoms with Crippen molar-refractivity contribution in [3.05, 3.63) is 59.7 Å². The smallest absolute Gasteiger partial charge is 0.138 e. The van der Waals surface area contributed by atoms with Crippen LogP contribution in [-0.2, 0) is 0 Å². The molecule has 2 aliphatic rings. The molecule has 0 amide bonds. The van der Waals surface area contributed by atoms with Crippen molar-refractivity contribution in [2.75, 3.05) is 51.3 Å². The molecule has 170 valence electrons. The Labute approximate surface area is 190 Å². The van der Waals surface area contributed by atoms with Crippen molar-refractivity contribution < 1.29 is 5.11 Å². The first kappa shape index (κ1) is 21.4. The maximum Gasteiger partial charge on any atom is 0.138 e. The van der Waals surface area contributed by atoms with E-state index in [0.717, 1.165) is 62.5 Å². The van der Waals surface area contributed by atoms with Gasteiger partial charge in [0.2, 0.25) is 0 Å². The van der Waals surface area contributed by atoms with Crippen molar-refractivity contribution in [3.63, 3.8) is 0 Å². The number of hydrogen-bond donors (Lipinski definition) is 1. The van der Waals surface area contributed by atoms with Crippen LogP contribution < -0.4 is 4.90 Å². The van der Waals surface area contributed by atoms with Crippen LogP contribution in [-0.4, -0.2) is 75.7 Å². The third-order valence-corrected chi connectivity index (χ3v) is 7.14. The average Bonchev–Trinajstić information content (AvgIpc) is 3.25. The molecule has 7 heteroatoms. The summed E-state index contributed by atoms with van der Waals surface area (Å²) in [4.78, 5) is 17.1. The Morgan fingerprint density at radius 2 is 1.84 bits per heavy atom. The quantitative estimate of drug-likeness (QED) is 0.666. The van der Waals surface area contributed by atoms with Gasteiger partial charge in [0.25, 0.3) is 0 Å². The van der Waals surface area contributed by atoms with Crippen LogP contribution >= 0.6 is 0 Å². The van der Waals surface area contributed by atoms with Gasteiger partial charge in [-0.3, -0.25) is 14.3 Å². The highest BCUT2D eigenvalue weighted by Gasteiger charge is 2.35. The molecule has 0 radical (unpaired) electrons. The largest absolute Gasteiger partial charge is 0.395 e. The van der Waals surface area contributed by atoms with Crippen molar-refractivity contribution in [1.82, 2.24) is 24.2 Å². The van der Waals surface area contributed by atoms with Crippen LogP contribution in [0.3, 0.4) is 0 Å². The number of rotatable bonds is 5. The Balaban J connectivity index is 1.49. The molecular weight excluding hydrogens is 400 g/mol. The second-order valence-electron chi connectivity index (χ2n) is 9.20. The number of fused-ring (bicyclic) bond motifs is 1. The zero-order chi connectivity index (χ0) is 22.1. The number of β-amino-alcohol motifs (C(OH)–C–C–N with tert-alkyl or cyclic N) is 1. The van der Waals surface area contributed by atoms with Crippen molar-refractivity contribution in [1.29, 1.82) is 0 Å². The molecule has 0 aliphatic carbocycles. The van der Waals surface area contributed by atoms with E-state index in [1.54, 1.807) is 0 Å². The third kappa shape index (κ3) is 4.00. The summed E-state index contributed by atoms with van der Waals surface area (Å²) in [5, 5.41) is 9.89. The highest BCUT2D eigenvalue weighted by molar-refractivity contribution is 5.53. The van der Waals surface area contributed by atoms with Crippen LogP contribution in [0.2, 0.25) is 0 Å². The number of likely N-dealkylation sites (tertiary alicyclic amines) is 1. The van der Waals surface area contributed by atoms with Crippen LogP contribution in [0, 0.1) is 6.92 Å². The van der Waals surface area contributed by atoms with E-state index in [0.29, 0.717) is 6.54 Å². The van der Waals surface area contributed by atoms with Crippen LogP contribution in [0.4, 0.5) is 5.82 Å². The Morgan fingerprint density at radius 3 is 2.62 bits per heavy atom. The summed E-state index contributed by atoms with van der Waals surface area (Å²) in [7, 11) is 2.19. The number of aliphatic hydroxyl groups excluding tert-OH is 1. The molecule has 0 spiro atoms. The van der Waals surface area contributed by atoms with Gasteiger partial charge in [0, 0.05) is 45.1 Å². The van der Waals surface area contributed by atoms with Crippen LogP contribution in [0.25, 0.3) is 5.65 Å². The van der Waals surface area contributed by atoms with Gasteiger partial charge in [-0.1, -0.05) is 12.1 Å². The van der Waals surface area contributed by atoms with E-state index < -0.39 is 0 Å². The molecule has 2 atom stereocenters. The van der Waals surface area contributed by atoms with Crippen molar-refractivity contribution in [2.24, 2.45) is 0 Å². The number of imidazole rings is 1. The van der Waals surface area contributed by atoms with Gasteiger partial charge in [-0.2, -0.15) is 0 Å². The molecule has 7 nitrogen and oxygen atoms in total. The molecule has 0 bridgehead atoms. The van der Waals surface area contributed by atoms with Gasteiger partial charge in [0.1, 0.15) is 11.5 Å². The maximum atomic E-state index is 9.89. The van der Waals surface area contributed by atoms with Crippen molar-refractivity contribution in [2.45, 2.75) is 38.3 Å². The number of piperazine rings is 1. The normalized spacial score (nSPS) is 23.2. The molecule has 32 heavy (non-hydrogen) atoms. The number of pyridine rings is 2. The fourth-order valence-electron chi connectivity index (χ4n) is 5.41.